The average molecular weight is 336 g/mol. The number of hydrogen-bond acceptors (Lipinski definition) is 3. The van der Waals surface area contributed by atoms with Crippen molar-refractivity contribution in [2.45, 2.75) is 25.8 Å². The van der Waals surface area contributed by atoms with Crippen molar-refractivity contribution < 1.29 is 0 Å². The van der Waals surface area contributed by atoms with E-state index in [2.05, 4.69) is 25.8 Å². The zero-order valence-corrected chi connectivity index (χ0v) is 13.0. The summed E-state index contributed by atoms with van der Waals surface area (Å²) in [6.07, 6.45) is 5.56. The Labute approximate surface area is 126 Å². The van der Waals surface area contributed by atoms with E-state index >= 15 is 0 Å². The monoisotopic (exact) mass is 335 g/mol. The van der Waals surface area contributed by atoms with Crippen molar-refractivity contribution in [3.8, 4) is 0 Å². The molecule has 0 bridgehead atoms. The number of fused-ring (bicyclic) bond motifs is 1. The molecule has 2 heterocycles. The minimum atomic E-state index is 0.0494. The Morgan fingerprint density at radius 1 is 1.15 bits per heavy atom. The van der Waals surface area contributed by atoms with Crippen LogP contribution in [0.2, 0.25) is 0 Å². The van der Waals surface area contributed by atoms with E-state index in [4.69, 9.17) is 0 Å². The molecule has 20 heavy (non-hydrogen) atoms. The summed E-state index contributed by atoms with van der Waals surface area (Å²) >= 11 is 3.41. The van der Waals surface area contributed by atoms with Crippen LogP contribution in [0.5, 0.6) is 0 Å². The molecule has 0 unspecified atom stereocenters. The van der Waals surface area contributed by atoms with Gasteiger partial charge in [-0.25, -0.2) is 4.98 Å². The summed E-state index contributed by atoms with van der Waals surface area (Å²) < 4.78 is 2.64. The summed E-state index contributed by atoms with van der Waals surface area (Å²) in [7, 11) is 0. The Morgan fingerprint density at radius 2 is 1.95 bits per heavy atom. The molecule has 3 rings (SSSR count). The highest BCUT2D eigenvalue weighted by Gasteiger charge is 2.11. The summed E-state index contributed by atoms with van der Waals surface area (Å²) in [4.78, 5) is 19.2. The van der Waals surface area contributed by atoms with E-state index in [0.29, 0.717) is 11.9 Å². The summed E-state index contributed by atoms with van der Waals surface area (Å²) in [5, 5.41) is 0.681. The smallest absolute Gasteiger partial charge is 0.261 e. The van der Waals surface area contributed by atoms with E-state index in [9.17, 15) is 4.79 Å². The van der Waals surface area contributed by atoms with Crippen LogP contribution in [-0.4, -0.2) is 34.1 Å². The quantitative estimate of drug-likeness (QED) is 0.865. The van der Waals surface area contributed by atoms with Crippen LogP contribution in [-0.2, 0) is 6.54 Å². The fourth-order valence-electron chi connectivity index (χ4n) is 2.72. The minimum absolute atomic E-state index is 0.0494. The van der Waals surface area contributed by atoms with E-state index in [-0.39, 0.29) is 5.56 Å². The van der Waals surface area contributed by atoms with Crippen molar-refractivity contribution >= 4 is 26.8 Å². The van der Waals surface area contributed by atoms with Gasteiger partial charge in [-0.2, -0.15) is 0 Å². The molecule has 1 aliphatic rings. The lowest BCUT2D eigenvalue weighted by Crippen LogP contribution is -2.34. The first-order valence-corrected chi connectivity index (χ1v) is 7.90. The molecule has 1 fully saturated rings. The Kier molecular flexibility index (Phi) is 4.17. The standard InChI is InChI=1S/C15H18BrN3O/c16-12-4-5-14-13(10-12)15(20)19(11-17-14)9-8-18-6-2-1-3-7-18/h4-5,10-11H,1-3,6-9H2. The number of piperidine rings is 1. The number of aromatic nitrogens is 2. The van der Waals surface area contributed by atoms with Crippen molar-refractivity contribution in [2.24, 2.45) is 0 Å². The zero-order chi connectivity index (χ0) is 13.9. The molecule has 0 amide bonds. The Morgan fingerprint density at radius 3 is 2.75 bits per heavy atom. The molecule has 0 radical (unpaired) electrons. The van der Waals surface area contributed by atoms with Gasteiger partial charge in [0.2, 0.25) is 0 Å². The van der Waals surface area contributed by atoms with Crippen molar-refractivity contribution in [3.63, 3.8) is 0 Å². The molecule has 0 saturated carbocycles. The normalized spacial score (nSPS) is 16.6. The number of nitrogens with zero attached hydrogens (tertiary/aromatic N) is 3. The van der Waals surface area contributed by atoms with Gasteiger partial charge in [-0.1, -0.05) is 22.4 Å². The van der Waals surface area contributed by atoms with Crippen LogP contribution in [0.25, 0.3) is 10.9 Å². The molecule has 0 atom stereocenters. The van der Waals surface area contributed by atoms with E-state index in [1.807, 2.05) is 18.2 Å². The highest BCUT2D eigenvalue weighted by molar-refractivity contribution is 9.10. The highest BCUT2D eigenvalue weighted by atomic mass is 79.9. The van der Waals surface area contributed by atoms with Crippen molar-refractivity contribution in [3.05, 3.63) is 39.4 Å². The van der Waals surface area contributed by atoms with Crippen molar-refractivity contribution in [1.82, 2.24) is 14.5 Å². The van der Waals surface area contributed by atoms with Gasteiger partial charge in [0.15, 0.2) is 0 Å². The van der Waals surface area contributed by atoms with E-state index < -0.39 is 0 Å². The third-order valence-electron chi connectivity index (χ3n) is 3.89. The molecular weight excluding hydrogens is 318 g/mol. The van der Waals surface area contributed by atoms with Crippen LogP contribution in [0, 0.1) is 0 Å². The molecule has 0 spiro atoms. The number of hydrogen-bond donors (Lipinski definition) is 0. The van der Waals surface area contributed by atoms with Gasteiger partial charge in [-0.05, 0) is 44.1 Å². The second-order valence-electron chi connectivity index (χ2n) is 5.31. The van der Waals surface area contributed by atoms with Crippen LogP contribution < -0.4 is 5.56 Å². The van der Waals surface area contributed by atoms with Gasteiger partial charge in [0, 0.05) is 17.6 Å². The molecule has 5 heteroatoms. The largest absolute Gasteiger partial charge is 0.302 e. The third-order valence-corrected chi connectivity index (χ3v) is 4.39. The predicted octanol–water partition coefficient (Wildman–Crippen LogP) is 2.64. The molecule has 0 N–H and O–H groups in total. The van der Waals surface area contributed by atoms with Gasteiger partial charge in [0.1, 0.15) is 0 Å². The van der Waals surface area contributed by atoms with E-state index in [0.717, 1.165) is 29.6 Å². The number of benzene rings is 1. The van der Waals surface area contributed by atoms with Crippen LogP contribution in [0.15, 0.2) is 33.8 Å². The first-order chi connectivity index (χ1) is 9.74. The van der Waals surface area contributed by atoms with Gasteiger partial charge in [-0.3, -0.25) is 9.36 Å². The first-order valence-electron chi connectivity index (χ1n) is 7.11. The molecule has 4 nitrogen and oxygen atoms in total. The fraction of sp³-hybridized carbons (Fsp3) is 0.467. The zero-order valence-electron chi connectivity index (χ0n) is 11.4. The second kappa shape index (κ2) is 6.06. The van der Waals surface area contributed by atoms with Crippen LogP contribution in [0.1, 0.15) is 19.3 Å². The van der Waals surface area contributed by atoms with Crippen molar-refractivity contribution in [1.29, 1.82) is 0 Å². The van der Waals surface area contributed by atoms with Crippen LogP contribution in [0.4, 0.5) is 0 Å². The Bertz CT molecular complexity index is 662. The third kappa shape index (κ3) is 2.94. The molecular formula is C15H18BrN3O. The van der Waals surface area contributed by atoms with Gasteiger partial charge in [0.05, 0.1) is 17.2 Å². The molecule has 1 aromatic carbocycles. The fourth-order valence-corrected chi connectivity index (χ4v) is 3.08. The number of halogens is 1. The molecule has 1 aliphatic heterocycles. The van der Waals surface area contributed by atoms with Gasteiger partial charge >= 0.3 is 0 Å². The molecule has 1 saturated heterocycles. The number of rotatable bonds is 3. The molecule has 0 aliphatic carbocycles. The van der Waals surface area contributed by atoms with Gasteiger partial charge < -0.3 is 4.90 Å². The first kappa shape index (κ1) is 13.8. The average Bonchev–Trinajstić information content (AvgIpc) is 2.48. The lowest BCUT2D eigenvalue weighted by molar-refractivity contribution is 0.220. The van der Waals surface area contributed by atoms with Gasteiger partial charge in [0.25, 0.3) is 5.56 Å². The second-order valence-corrected chi connectivity index (χ2v) is 6.22. The van der Waals surface area contributed by atoms with E-state index in [1.54, 1.807) is 10.9 Å². The lowest BCUT2D eigenvalue weighted by Gasteiger charge is -2.26. The summed E-state index contributed by atoms with van der Waals surface area (Å²) in [5.41, 5.74) is 0.806. The Hall–Kier alpha value is -1.20. The predicted molar refractivity (Wildman–Crippen MR) is 84.0 cm³/mol. The van der Waals surface area contributed by atoms with Crippen LogP contribution >= 0.6 is 15.9 Å². The lowest BCUT2D eigenvalue weighted by atomic mass is 10.1. The molecule has 1 aromatic heterocycles. The van der Waals surface area contributed by atoms with Gasteiger partial charge in [-0.15, -0.1) is 0 Å². The maximum Gasteiger partial charge on any atom is 0.261 e. The highest BCUT2D eigenvalue weighted by Crippen LogP contribution is 2.15. The van der Waals surface area contributed by atoms with Crippen LogP contribution in [0.3, 0.4) is 0 Å². The summed E-state index contributed by atoms with van der Waals surface area (Å²) in [6, 6.07) is 5.63. The Balaban J connectivity index is 1.81. The topological polar surface area (TPSA) is 38.1 Å². The number of likely N-dealkylation sites (tertiary alicyclic amines) is 1. The SMILES string of the molecule is O=c1c2cc(Br)ccc2ncn1CCN1CCCCC1. The molecule has 2 aromatic rings. The summed E-state index contributed by atoms with van der Waals surface area (Å²) in [6.45, 7) is 3.96. The maximum atomic E-state index is 12.4. The van der Waals surface area contributed by atoms with E-state index in [1.165, 1.54) is 19.3 Å². The minimum Gasteiger partial charge on any atom is -0.302 e. The maximum absolute atomic E-state index is 12.4. The summed E-state index contributed by atoms with van der Waals surface area (Å²) in [5.74, 6) is 0. The van der Waals surface area contributed by atoms with Crippen molar-refractivity contribution in [2.75, 3.05) is 19.6 Å². The molecule has 106 valence electrons.